The maximum absolute atomic E-state index is 12.9. The minimum atomic E-state index is -4.35. The first-order chi connectivity index (χ1) is 29.0. The summed E-state index contributed by atoms with van der Waals surface area (Å²) in [4.78, 5) is 23.2. The summed E-state index contributed by atoms with van der Waals surface area (Å²) in [5.74, 6) is -0.196. The molecule has 350 valence electrons. The molecule has 1 amide bonds. The molecule has 0 aliphatic carbocycles. The van der Waals surface area contributed by atoms with Gasteiger partial charge < -0.3 is 19.8 Å². The Morgan fingerprint density at radius 3 is 1.45 bits per heavy atom. The molecule has 0 saturated carbocycles. The maximum Gasteiger partial charge on any atom is 0.472 e. The first-order valence-corrected chi connectivity index (χ1v) is 26.2. The standard InChI is InChI=1S/C51H95N2O6P/c1-6-8-10-12-14-16-18-20-22-23-24-25-26-27-28-29-31-33-35-37-39-41-43-45-51(55)52-49(48-59-60(56,57)58-47-46-53(3,4)5)50(54)44-42-40-38-36-34-32-30-21-19-17-15-13-11-9-7-2/h18,20,23-24,26-27,34,36,42,44,49-50,54H,6-17,19,21-22,25,28-33,35,37-41,43,45-48H2,1-5H3,(H-,52,55,56,57)/p+1/b20-18-,24-23-,27-26-,36-34+,44-42+. The van der Waals surface area contributed by atoms with E-state index in [4.69, 9.17) is 9.05 Å². The molecule has 0 spiro atoms. The number of allylic oxidation sites excluding steroid dienone is 9. The molecule has 0 bridgehead atoms. The second-order valence-electron chi connectivity index (χ2n) is 17.8. The van der Waals surface area contributed by atoms with Gasteiger partial charge in [0.25, 0.3) is 0 Å². The number of aliphatic hydroxyl groups is 1. The molecule has 0 aromatic rings. The number of phosphoric ester groups is 1. The molecule has 8 nitrogen and oxygen atoms in total. The zero-order valence-corrected chi connectivity index (χ0v) is 40.6. The van der Waals surface area contributed by atoms with Crippen LogP contribution >= 0.6 is 7.82 Å². The molecule has 0 radical (unpaired) electrons. The van der Waals surface area contributed by atoms with Crippen molar-refractivity contribution in [2.75, 3.05) is 40.9 Å². The lowest BCUT2D eigenvalue weighted by atomic mass is 10.1. The Morgan fingerprint density at radius 2 is 0.967 bits per heavy atom. The summed E-state index contributed by atoms with van der Waals surface area (Å²) in [5, 5.41) is 13.8. The quantitative estimate of drug-likeness (QED) is 0.0244. The van der Waals surface area contributed by atoms with Crippen LogP contribution in [0.2, 0.25) is 0 Å². The van der Waals surface area contributed by atoms with Crippen molar-refractivity contribution < 1.29 is 32.9 Å². The number of unbranched alkanes of at least 4 members (excludes halogenated alkanes) is 23. The number of aliphatic hydroxyl groups excluding tert-OH is 1. The van der Waals surface area contributed by atoms with Crippen LogP contribution < -0.4 is 5.32 Å². The number of rotatable bonds is 44. The number of nitrogens with zero attached hydrogens (tertiary/aromatic N) is 1. The lowest BCUT2D eigenvalue weighted by Gasteiger charge is -2.25. The average molecular weight is 864 g/mol. The third-order valence-electron chi connectivity index (χ3n) is 10.7. The highest BCUT2D eigenvalue weighted by Crippen LogP contribution is 2.43. The smallest absolute Gasteiger partial charge is 0.387 e. The number of nitrogens with one attached hydrogen (secondary N) is 1. The lowest BCUT2D eigenvalue weighted by molar-refractivity contribution is -0.870. The molecule has 3 N–H and O–H groups in total. The van der Waals surface area contributed by atoms with E-state index in [0.29, 0.717) is 17.4 Å². The SMILES string of the molecule is CCCCCCC/C=C\C/C=C\C/C=C\CCCCCCCCCCC(=O)NC(COP(=O)(O)OCC[N+](C)(C)C)C(O)/C=C/CC/C=C/CCCCCCCCCCC. The van der Waals surface area contributed by atoms with Gasteiger partial charge in [0, 0.05) is 6.42 Å². The van der Waals surface area contributed by atoms with Gasteiger partial charge >= 0.3 is 7.82 Å². The van der Waals surface area contributed by atoms with Crippen molar-refractivity contribution in [3.8, 4) is 0 Å². The van der Waals surface area contributed by atoms with E-state index in [1.165, 1.54) is 128 Å². The van der Waals surface area contributed by atoms with E-state index in [9.17, 15) is 19.4 Å². The molecule has 0 aromatic carbocycles. The molecule has 0 heterocycles. The monoisotopic (exact) mass is 864 g/mol. The number of hydrogen-bond acceptors (Lipinski definition) is 5. The summed E-state index contributed by atoms with van der Waals surface area (Å²) in [6.45, 7) is 4.77. The largest absolute Gasteiger partial charge is 0.472 e. The second-order valence-corrected chi connectivity index (χ2v) is 19.3. The van der Waals surface area contributed by atoms with Crippen LogP contribution in [0.25, 0.3) is 0 Å². The molecule has 0 rings (SSSR count). The van der Waals surface area contributed by atoms with Crippen LogP contribution in [0.5, 0.6) is 0 Å². The summed E-state index contributed by atoms with van der Waals surface area (Å²) in [7, 11) is 1.54. The average Bonchev–Trinajstić information content (AvgIpc) is 3.20. The zero-order valence-electron chi connectivity index (χ0n) is 39.7. The van der Waals surface area contributed by atoms with Gasteiger partial charge in [-0.25, -0.2) is 4.57 Å². The fraction of sp³-hybridized carbons (Fsp3) is 0.784. The summed E-state index contributed by atoms with van der Waals surface area (Å²) in [6.07, 6.45) is 55.8. The summed E-state index contributed by atoms with van der Waals surface area (Å²) >= 11 is 0. The van der Waals surface area contributed by atoms with Crippen LogP contribution in [0.3, 0.4) is 0 Å². The summed E-state index contributed by atoms with van der Waals surface area (Å²) in [6, 6.07) is -0.869. The number of phosphoric acid groups is 1. The lowest BCUT2D eigenvalue weighted by Crippen LogP contribution is -2.45. The van der Waals surface area contributed by atoms with Crippen molar-refractivity contribution in [3.05, 3.63) is 60.8 Å². The summed E-state index contributed by atoms with van der Waals surface area (Å²) < 4.78 is 23.6. The zero-order chi connectivity index (χ0) is 44.3. The molecule has 60 heavy (non-hydrogen) atoms. The van der Waals surface area contributed by atoms with Crippen molar-refractivity contribution in [1.29, 1.82) is 0 Å². The summed E-state index contributed by atoms with van der Waals surface area (Å²) in [5.41, 5.74) is 0. The highest BCUT2D eigenvalue weighted by Gasteiger charge is 2.27. The van der Waals surface area contributed by atoms with E-state index >= 15 is 0 Å². The molecule has 9 heteroatoms. The van der Waals surface area contributed by atoms with E-state index in [1.807, 2.05) is 27.2 Å². The van der Waals surface area contributed by atoms with E-state index in [0.717, 1.165) is 57.8 Å². The van der Waals surface area contributed by atoms with Gasteiger partial charge in [0.2, 0.25) is 5.91 Å². The third kappa shape index (κ3) is 44.3. The number of hydrogen-bond donors (Lipinski definition) is 3. The fourth-order valence-electron chi connectivity index (χ4n) is 6.77. The van der Waals surface area contributed by atoms with Crippen LogP contribution in [0, 0.1) is 0 Å². The first kappa shape index (κ1) is 58.2. The van der Waals surface area contributed by atoms with Gasteiger partial charge in [-0.1, -0.05) is 190 Å². The van der Waals surface area contributed by atoms with Crippen LogP contribution in [0.15, 0.2) is 60.8 Å². The van der Waals surface area contributed by atoms with Crippen molar-refractivity contribution in [2.45, 2.75) is 219 Å². The Morgan fingerprint density at radius 1 is 0.567 bits per heavy atom. The Hall–Kier alpha value is -1.80. The van der Waals surface area contributed by atoms with Crippen molar-refractivity contribution in [3.63, 3.8) is 0 Å². The van der Waals surface area contributed by atoms with E-state index in [2.05, 4.69) is 67.8 Å². The van der Waals surface area contributed by atoms with Gasteiger partial charge in [0.05, 0.1) is 39.9 Å². The number of amides is 1. The normalized spacial score (nSPS) is 14.7. The minimum Gasteiger partial charge on any atom is -0.387 e. The number of quaternary nitrogens is 1. The van der Waals surface area contributed by atoms with Crippen LogP contribution in [-0.2, 0) is 18.4 Å². The third-order valence-corrected chi connectivity index (χ3v) is 11.7. The molecule has 3 atom stereocenters. The van der Waals surface area contributed by atoms with Gasteiger partial charge in [0.15, 0.2) is 0 Å². The topological polar surface area (TPSA) is 105 Å². The van der Waals surface area contributed by atoms with Crippen molar-refractivity contribution in [2.24, 2.45) is 0 Å². The molecule has 0 aliphatic heterocycles. The van der Waals surface area contributed by atoms with Crippen LogP contribution in [-0.4, -0.2) is 73.4 Å². The molecule has 0 aromatic heterocycles. The first-order valence-electron chi connectivity index (χ1n) is 24.7. The minimum absolute atomic E-state index is 0.0523. The fourth-order valence-corrected chi connectivity index (χ4v) is 7.50. The highest BCUT2D eigenvalue weighted by atomic mass is 31.2. The van der Waals surface area contributed by atoms with E-state index < -0.39 is 20.0 Å². The number of carbonyl (C=O) groups excluding carboxylic acids is 1. The number of likely N-dealkylation sites (N-methyl/N-ethyl adjacent to an activating group) is 1. The van der Waals surface area contributed by atoms with Gasteiger partial charge in [-0.2, -0.15) is 0 Å². The molecule has 0 aliphatic rings. The molecule has 3 unspecified atom stereocenters. The van der Waals surface area contributed by atoms with E-state index in [-0.39, 0.29) is 19.1 Å². The Bertz CT molecular complexity index is 1160. The Labute approximate surface area is 371 Å². The van der Waals surface area contributed by atoms with Gasteiger partial charge in [-0.3, -0.25) is 13.8 Å². The number of carbonyl (C=O) groups is 1. The Kier molecular flexibility index (Phi) is 41.2. The van der Waals surface area contributed by atoms with Gasteiger partial charge in [0.1, 0.15) is 13.2 Å². The van der Waals surface area contributed by atoms with Gasteiger partial charge in [-0.15, -0.1) is 0 Å². The predicted molar refractivity (Wildman–Crippen MR) is 258 cm³/mol. The van der Waals surface area contributed by atoms with E-state index in [1.54, 1.807) is 6.08 Å². The van der Waals surface area contributed by atoms with Crippen LogP contribution in [0.1, 0.15) is 206 Å². The Balaban J connectivity index is 4.37. The maximum atomic E-state index is 12.9. The molecular formula is C51H96N2O6P+. The van der Waals surface area contributed by atoms with Crippen LogP contribution in [0.4, 0.5) is 0 Å². The molecule has 0 saturated heterocycles. The van der Waals surface area contributed by atoms with Crippen molar-refractivity contribution in [1.82, 2.24) is 5.32 Å². The second kappa shape index (κ2) is 42.5. The molecular weight excluding hydrogens is 768 g/mol. The highest BCUT2D eigenvalue weighted by molar-refractivity contribution is 7.47. The molecule has 0 fully saturated rings. The van der Waals surface area contributed by atoms with Gasteiger partial charge in [-0.05, 0) is 70.6 Å². The predicted octanol–water partition coefficient (Wildman–Crippen LogP) is 14.2. The van der Waals surface area contributed by atoms with Crippen molar-refractivity contribution >= 4 is 13.7 Å².